The van der Waals surface area contributed by atoms with E-state index in [1.54, 1.807) is 66.7 Å². The van der Waals surface area contributed by atoms with Crippen molar-refractivity contribution in [2.75, 3.05) is 22.6 Å². The zero-order valence-corrected chi connectivity index (χ0v) is 34.5. The molecule has 14 nitrogen and oxygen atoms in total. The molecule has 0 saturated heterocycles. The lowest BCUT2D eigenvalue weighted by Crippen LogP contribution is -2.44. The molecule has 16 heteroatoms. The number of aromatic nitrogens is 1. The molecular weight excluding hydrogens is 770 g/mol. The molecule has 1 aliphatic heterocycles. The van der Waals surface area contributed by atoms with Crippen molar-refractivity contribution in [1.82, 2.24) is 9.88 Å². The van der Waals surface area contributed by atoms with Crippen LogP contribution in [-0.2, 0) is 35.4 Å². The van der Waals surface area contributed by atoms with Gasteiger partial charge < -0.3 is 30.1 Å². The fourth-order valence-electron chi connectivity index (χ4n) is 6.70. The van der Waals surface area contributed by atoms with Gasteiger partial charge in [0.25, 0.3) is 0 Å². The second-order valence-electron chi connectivity index (χ2n) is 16.8. The maximum atomic E-state index is 15.7. The lowest BCUT2D eigenvalue weighted by molar-refractivity contribution is -0.131. The van der Waals surface area contributed by atoms with Crippen LogP contribution in [0.2, 0.25) is 0 Å². The van der Waals surface area contributed by atoms with Gasteiger partial charge in [-0.25, -0.2) is 27.4 Å². The number of nitrogens with one attached hydrogen (secondary N) is 2. The third kappa shape index (κ3) is 9.17. The van der Waals surface area contributed by atoms with Gasteiger partial charge in [0.2, 0.25) is 11.8 Å². The zero-order chi connectivity index (χ0) is 42.5. The van der Waals surface area contributed by atoms with Gasteiger partial charge in [-0.1, -0.05) is 13.0 Å². The van der Waals surface area contributed by atoms with Gasteiger partial charge in [0.05, 0.1) is 16.3 Å². The average molecular weight is 818 g/mol. The highest BCUT2D eigenvalue weighted by Crippen LogP contribution is 2.38. The molecule has 308 valence electrons. The fourth-order valence-corrected chi connectivity index (χ4v) is 8.56. The SMILES string of the molecule is C[C@H]1CC(=O)Nc2ccc(S(=O)(=O)C3CC3)c(c2)CN(C)C(=O)[C@H](Nc2ccc3c(N(C(=O)OC(C)(C)C)C(=O)OC(C)(C)C)ncc(F)c3c2)c2ccc(O)c1c2. The second-order valence-corrected chi connectivity index (χ2v) is 19.0. The highest BCUT2D eigenvalue weighted by molar-refractivity contribution is 7.92. The van der Waals surface area contributed by atoms with Crippen LogP contribution in [0.15, 0.2) is 65.7 Å². The van der Waals surface area contributed by atoms with Crippen LogP contribution >= 0.6 is 0 Å². The molecule has 0 spiro atoms. The Labute approximate surface area is 336 Å². The maximum Gasteiger partial charge on any atom is 0.425 e. The summed E-state index contributed by atoms with van der Waals surface area (Å²) in [6, 6.07) is 12.3. The summed E-state index contributed by atoms with van der Waals surface area (Å²) in [7, 11) is -2.18. The van der Waals surface area contributed by atoms with Crippen LogP contribution < -0.4 is 15.5 Å². The number of benzene rings is 3. The molecule has 2 atom stereocenters. The number of sulfone groups is 1. The van der Waals surface area contributed by atoms with Crippen molar-refractivity contribution in [3.05, 3.63) is 83.3 Å². The van der Waals surface area contributed by atoms with E-state index in [1.807, 2.05) is 0 Å². The molecule has 4 bridgehead atoms. The van der Waals surface area contributed by atoms with Crippen LogP contribution in [0.25, 0.3) is 10.8 Å². The van der Waals surface area contributed by atoms with E-state index in [1.165, 1.54) is 48.3 Å². The number of halogens is 1. The summed E-state index contributed by atoms with van der Waals surface area (Å²) in [5.74, 6) is -2.50. The first-order valence-electron chi connectivity index (χ1n) is 18.9. The van der Waals surface area contributed by atoms with Crippen LogP contribution in [0.5, 0.6) is 5.75 Å². The molecule has 2 heterocycles. The molecule has 3 N–H and O–H groups in total. The molecule has 3 aromatic carbocycles. The number of fused-ring (bicyclic) bond motifs is 5. The number of carbonyl (C=O) groups is 4. The summed E-state index contributed by atoms with van der Waals surface area (Å²) in [5.41, 5.74) is -0.291. The Hall–Kier alpha value is -5.77. The Balaban J connectivity index is 1.44. The third-order valence-electron chi connectivity index (χ3n) is 9.54. The van der Waals surface area contributed by atoms with E-state index in [9.17, 15) is 32.7 Å². The smallest absolute Gasteiger partial charge is 0.425 e. The van der Waals surface area contributed by atoms with Crippen molar-refractivity contribution < 1.29 is 46.6 Å². The van der Waals surface area contributed by atoms with Gasteiger partial charge in [0.15, 0.2) is 15.7 Å². The predicted octanol–water partition coefficient (Wildman–Crippen LogP) is 7.95. The first-order valence-corrected chi connectivity index (χ1v) is 20.4. The number of ether oxygens (including phenoxy) is 2. The number of phenolic OH excluding ortho intramolecular Hbond substituents is 1. The molecule has 1 aliphatic carbocycles. The minimum absolute atomic E-state index is 0.0374. The summed E-state index contributed by atoms with van der Waals surface area (Å²) in [6.07, 6.45) is -0.297. The Morgan fingerprint density at radius 3 is 2.22 bits per heavy atom. The Morgan fingerprint density at radius 2 is 1.60 bits per heavy atom. The molecule has 1 saturated carbocycles. The monoisotopic (exact) mass is 817 g/mol. The number of phenols is 1. The number of aromatic hydroxyl groups is 1. The number of carbonyl (C=O) groups excluding carboxylic acids is 4. The minimum atomic E-state index is -3.70. The molecule has 1 aromatic heterocycles. The number of anilines is 3. The van der Waals surface area contributed by atoms with Crippen LogP contribution in [0, 0.1) is 5.82 Å². The Bertz CT molecular complexity index is 2390. The number of amides is 4. The molecule has 4 aromatic rings. The topological polar surface area (TPSA) is 185 Å². The van der Waals surface area contributed by atoms with Gasteiger partial charge in [-0.3, -0.25) is 9.59 Å². The number of rotatable bonds is 5. The van der Waals surface area contributed by atoms with Gasteiger partial charge in [0.1, 0.15) is 28.8 Å². The van der Waals surface area contributed by atoms with Crippen molar-refractivity contribution in [1.29, 1.82) is 0 Å². The van der Waals surface area contributed by atoms with E-state index in [-0.39, 0.29) is 51.8 Å². The summed E-state index contributed by atoms with van der Waals surface area (Å²) >= 11 is 0. The van der Waals surface area contributed by atoms with Crippen LogP contribution in [0.3, 0.4) is 0 Å². The van der Waals surface area contributed by atoms with Gasteiger partial charge >= 0.3 is 12.2 Å². The molecule has 6 rings (SSSR count). The predicted molar refractivity (Wildman–Crippen MR) is 216 cm³/mol. The van der Waals surface area contributed by atoms with Crippen LogP contribution in [0.1, 0.15) is 96.4 Å². The van der Waals surface area contributed by atoms with Gasteiger partial charge in [-0.15, -0.1) is 0 Å². The standard InChI is InChI=1S/C42H48FN5O9S/c1-23-17-35(50)45-26-11-16-34(58(54,55)28-12-13-28)25(18-26)22-47(8)38(51)36(24-9-15-33(49)30(23)19-24)46-27-10-14-29-31(20-27)32(43)21-44-37(29)48(39(52)56-41(2,3)4)40(53)57-42(5,6)7/h9-11,14-16,18-21,23,28,36,46,49H,12-13,17,22H2,1-8H3,(H,45,50)/t23-,36+/m0/s1. The number of hydrogen-bond acceptors (Lipinski definition) is 11. The number of pyridine rings is 1. The van der Waals surface area contributed by atoms with Gasteiger partial charge in [-0.2, -0.15) is 4.90 Å². The van der Waals surface area contributed by atoms with Gasteiger partial charge in [-0.05, 0) is 126 Å². The van der Waals surface area contributed by atoms with Crippen molar-refractivity contribution in [3.8, 4) is 5.75 Å². The van der Waals surface area contributed by atoms with Crippen molar-refractivity contribution >= 4 is 61.8 Å². The van der Waals surface area contributed by atoms with Crippen LogP contribution in [-0.4, -0.2) is 70.9 Å². The molecule has 58 heavy (non-hydrogen) atoms. The van der Waals surface area contributed by atoms with Crippen LogP contribution in [0.4, 0.5) is 31.2 Å². The van der Waals surface area contributed by atoms with Crippen molar-refractivity contribution in [2.45, 2.75) is 108 Å². The second kappa shape index (κ2) is 15.5. The number of nitrogens with zero attached hydrogens (tertiary/aromatic N) is 3. The normalized spacial score (nSPS) is 17.9. The largest absolute Gasteiger partial charge is 0.508 e. The summed E-state index contributed by atoms with van der Waals surface area (Å²) < 4.78 is 53.8. The summed E-state index contributed by atoms with van der Waals surface area (Å²) in [5, 5.41) is 16.4. The van der Waals surface area contributed by atoms with E-state index >= 15 is 4.39 Å². The Kier molecular flexibility index (Phi) is 11.2. The molecular formula is C42H48FN5O9S. The molecule has 2 aliphatic rings. The lowest BCUT2D eigenvalue weighted by atomic mass is 9.92. The molecule has 1 fully saturated rings. The van der Waals surface area contributed by atoms with E-state index in [2.05, 4.69) is 15.6 Å². The maximum absolute atomic E-state index is 15.7. The highest BCUT2D eigenvalue weighted by Gasteiger charge is 2.39. The molecule has 4 amide bonds. The van der Waals surface area contributed by atoms with E-state index in [0.717, 1.165) is 6.20 Å². The molecule has 0 radical (unpaired) electrons. The fraction of sp³-hybridized carbons (Fsp3) is 0.405. The highest BCUT2D eigenvalue weighted by atomic mass is 32.2. The average Bonchev–Trinajstić information content (AvgIpc) is 3.97. The first-order chi connectivity index (χ1) is 27.0. The number of imide groups is 1. The quantitative estimate of drug-likeness (QED) is 0.178. The molecule has 0 unspecified atom stereocenters. The number of likely N-dealkylation sites (N-methyl/N-ethyl adjacent to an activating group) is 1. The summed E-state index contributed by atoms with van der Waals surface area (Å²) in [6.45, 7) is 11.3. The van der Waals surface area contributed by atoms with E-state index in [4.69, 9.17) is 9.47 Å². The first kappa shape index (κ1) is 41.9. The van der Waals surface area contributed by atoms with E-state index in [0.29, 0.717) is 40.1 Å². The Morgan fingerprint density at radius 1 is 0.948 bits per heavy atom. The number of hydrogen-bond donors (Lipinski definition) is 3. The van der Waals surface area contributed by atoms with Gasteiger partial charge in [0, 0.05) is 42.2 Å². The third-order valence-corrected chi connectivity index (χ3v) is 11.9. The lowest BCUT2D eigenvalue weighted by Gasteiger charge is -2.29. The van der Waals surface area contributed by atoms with Crippen molar-refractivity contribution in [3.63, 3.8) is 0 Å². The zero-order valence-electron chi connectivity index (χ0n) is 33.7. The minimum Gasteiger partial charge on any atom is -0.508 e. The van der Waals surface area contributed by atoms with E-state index < -0.39 is 62.2 Å². The van der Waals surface area contributed by atoms with Crippen molar-refractivity contribution in [2.24, 2.45) is 0 Å². The summed E-state index contributed by atoms with van der Waals surface area (Å²) in [4.78, 5) is 60.9.